The zero-order valence-electron chi connectivity index (χ0n) is 18.8. The van der Waals surface area contributed by atoms with Crippen molar-refractivity contribution in [2.45, 2.75) is 0 Å². The lowest BCUT2D eigenvalue weighted by molar-refractivity contribution is -0.129. The maximum atomic E-state index is 12.9. The molecule has 3 aromatic carbocycles. The van der Waals surface area contributed by atoms with Crippen molar-refractivity contribution in [2.75, 3.05) is 21.3 Å². The number of fused-ring (bicyclic) bond motifs is 1. The van der Waals surface area contributed by atoms with Crippen LogP contribution in [-0.2, 0) is 9.53 Å². The summed E-state index contributed by atoms with van der Waals surface area (Å²) in [5.41, 5.74) is 3.00. The molecule has 7 nitrogen and oxygen atoms in total. The molecule has 0 aliphatic carbocycles. The molecule has 0 saturated carbocycles. The summed E-state index contributed by atoms with van der Waals surface area (Å²) in [5.74, 6) is 2.74. The third-order valence-corrected chi connectivity index (χ3v) is 5.53. The largest absolute Gasteiger partial charge is 0.497 e. The Balaban J connectivity index is 1.63. The fraction of sp³-hybridized carbons (Fsp3) is 0.111. The first-order chi connectivity index (χ1) is 16.6. The highest BCUT2D eigenvalue weighted by Crippen LogP contribution is 2.41. The van der Waals surface area contributed by atoms with Crippen LogP contribution in [0.2, 0.25) is 0 Å². The van der Waals surface area contributed by atoms with Gasteiger partial charge in [-0.1, -0.05) is 18.2 Å². The second-order valence-corrected chi connectivity index (χ2v) is 7.47. The average molecular weight is 455 g/mol. The van der Waals surface area contributed by atoms with Crippen molar-refractivity contribution < 1.29 is 28.5 Å². The van der Waals surface area contributed by atoms with Crippen molar-refractivity contribution in [1.82, 2.24) is 0 Å². The number of ether oxygens (including phenoxy) is 5. The number of esters is 1. The number of benzene rings is 3. The van der Waals surface area contributed by atoms with E-state index in [1.807, 2.05) is 36.4 Å². The van der Waals surface area contributed by atoms with Crippen LogP contribution in [-0.4, -0.2) is 33.2 Å². The molecule has 2 aliphatic heterocycles. The number of para-hydroxylation sites is 1. The summed E-state index contributed by atoms with van der Waals surface area (Å²) in [6, 6.07) is 20.1. The van der Waals surface area contributed by atoms with Crippen LogP contribution in [0.4, 0.5) is 0 Å². The Morgan fingerprint density at radius 1 is 0.765 bits per heavy atom. The van der Waals surface area contributed by atoms with Crippen LogP contribution in [0.1, 0.15) is 16.7 Å². The zero-order valence-corrected chi connectivity index (χ0v) is 18.8. The molecule has 0 unspecified atom stereocenters. The lowest BCUT2D eigenvalue weighted by Crippen LogP contribution is -2.08. The number of methoxy groups -OCH3 is 3. The molecule has 3 aromatic rings. The molecule has 2 aliphatic rings. The molecule has 0 N–H and O–H groups in total. The van der Waals surface area contributed by atoms with Crippen molar-refractivity contribution in [2.24, 2.45) is 4.99 Å². The number of carbonyl (C=O) groups is 1. The normalized spacial score (nSPS) is 16.6. The summed E-state index contributed by atoms with van der Waals surface area (Å²) in [6.07, 6.45) is 1.79. The van der Waals surface area contributed by atoms with Crippen LogP contribution in [0.3, 0.4) is 0 Å². The van der Waals surface area contributed by atoms with Gasteiger partial charge in [-0.25, -0.2) is 9.79 Å². The van der Waals surface area contributed by atoms with Crippen molar-refractivity contribution in [3.8, 4) is 23.0 Å². The van der Waals surface area contributed by atoms with Gasteiger partial charge in [-0.15, -0.1) is 0 Å². The molecule has 0 spiro atoms. The first-order valence-corrected chi connectivity index (χ1v) is 10.5. The van der Waals surface area contributed by atoms with E-state index in [-0.39, 0.29) is 11.6 Å². The molecule has 0 amide bonds. The second-order valence-electron chi connectivity index (χ2n) is 7.47. The van der Waals surface area contributed by atoms with Crippen LogP contribution in [0, 0.1) is 0 Å². The molecular weight excluding hydrogens is 434 g/mol. The molecule has 0 aromatic heterocycles. The molecule has 0 saturated heterocycles. The van der Waals surface area contributed by atoms with Gasteiger partial charge in [0.1, 0.15) is 17.3 Å². The summed E-state index contributed by atoms with van der Waals surface area (Å²) in [6.45, 7) is 0. The van der Waals surface area contributed by atoms with Crippen molar-refractivity contribution in [3.63, 3.8) is 0 Å². The summed E-state index contributed by atoms with van der Waals surface area (Å²) < 4.78 is 27.7. The van der Waals surface area contributed by atoms with E-state index >= 15 is 0 Å². The van der Waals surface area contributed by atoms with Gasteiger partial charge >= 0.3 is 5.97 Å². The molecule has 0 bridgehead atoms. The minimum Gasteiger partial charge on any atom is -0.497 e. The first kappa shape index (κ1) is 21.3. The van der Waals surface area contributed by atoms with Gasteiger partial charge < -0.3 is 23.7 Å². The summed E-state index contributed by atoms with van der Waals surface area (Å²) in [4.78, 5) is 17.4. The second kappa shape index (κ2) is 8.78. The van der Waals surface area contributed by atoms with E-state index in [1.165, 1.54) is 0 Å². The summed E-state index contributed by atoms with van der Waals surface area (Å²) in [5, 5.41) is 0. The standard InChI is InChI=1S/C27H21NO6/c1-30-18-11-8-16(9-12-18)26-28-25(27(29)34-26)20-15-23(33-21-7-5-4-6-19(20)21)17-10-13-22(31-2)24(14-17)32-3/h4-15H,1-3H3/b25-20-. The highest BCUT2D eigenvalue weighted by atomic mass is 16.6. The van der Waals surface area contributed by atoms with Crippen molar-refractivity contribution in [1.29, 1.82) is 0 Å². The Morgan fingerprint density at radius 3 is 2.24 bits per heavy atom. The molecule has 170 valence electrons. The van der Waals surface area contributed by atoms with E-state index in [4.69, 9.17) is 23.7 Å². The van der Waals surface area contributed by atoms with Crippen LogP contribution in [0.25, 0.3) is 11.3 Å². The minimum absolute atomic E-state index is 0.208. The van der Waals surface area contributed by atoms with Gasteiger partial charge in [0, 0.05) is 22.3 Å². The van der Waals surface area contributed by atoms with Crippen LogP contribution < -0.4 is 18.9 Å². The highest BCUT2D eigenvalue weighted by molar-refractivity contribution is 6.15. The van der Waals surface area contributed by atoms with E-state index in [1.54, 1.807) is 57.7 Å². The van der Waals surface area contributed by atoms with Gasteiger partial charge in [-0.2, -0.15) is 0 Å². The lowest BCUT2D eigenvalue weighted by atomic mass is 9.97. The molecule has 0 fully saturated rings. The van der Waals surface area contributed by atoms with Gasteiger partial charge in [-0.05, 0) is 54.6 Å². The van der Waals surface area contributed by atoms with E-state index in [9.17, 15) is 4.79 Å². The smallest absolute Gasteiger partial charge is 0.364 e. The van der Waals surface area contributed by atoms with Gasteiger partial charge in [-0.3, -0.25) is 0 Å². The number of rotatable bonds is 5. The number of hydrogen-bond acceptors (Lipinski definition) is 7. The molecule has 7 heteroatoms. The van der Waals surface area contributed by atoms with E-state index in [0.29, 0.717) is 39.9 Å². The average Bonchev–Trinajstić information content (AvgIpc) is 3.28. The monoisotopic (exact) mass is 455 g/mol. The van der Waals surface area contributed by atoms with Gasteiger partial charge in [0.05, 0.1) is 21.3 Å². The number of cyclic esters (lactones) is 1. The molecule has 2 heterocycles. The maximum absolute atomic E-state index is 12.9. The van der Waals surface area contributed by atoms with E-state index < -0.39 is 5.97 Å². The first-order valence-electron chi connectivity index (χ1n) is 10.5. The number of nitrogens with zero attached hydrogens (tertiary/aromatic N) is 1. The van der Waals surface area contributed by atoms with Crippen LogP contribution in [0.15, 0.2) is 83.5 Å². The quantitative estimate of drug-likeness (QED) is 0.404. The third-order valence-electron chi connectivity index (χ3n) is 5.53. The van der Waals surface area contributed by atoms with Crippen LogP contribution >= 0.6 is 0 Å². The zero-order chi connectivity index (χ0) is 23.7. The fourth-order valence-electron chi connectivity index (χ4n) is 3.80. The number of hydrogen-bond donors (Lipinski definition) is 0. The Hall–Kier alpha value is -4.52. The number of carbonyl (C=O) groups excluding carboxylic acids is 1. The summed E-state index contributed by atoms with van der Waals surface area (Å²) >= 11 is 0. The molecular formula is C27H21NO6. The molecule has 0 radical (unpaired) electrons. The Bertz CT molecular complexity index is 1370. The SMILES string of the molecule is COc1ccc(C2=N/C(=C3/C=C(c4ccc(OC)c(OC)c4)Oc4ccccc43)C(=O)O2)cc1. The Labute approximate surface area is 196 Å². The molecule has 34 heavy (non-hydrogen) atoms. The summed E-state index contributed by atoms with van der Waals surface area (Å²) in [7, 11) is 4.75. The van der Waals surface area contributed by atoms with Gasteiger partial charge in [0.15, 0.2) is 17.2 Å². The van der Waals surface area contributed by atoms with Crippen molar-refractivity contribution in [3.05, 3.63) is 95.2 Å². The predicted octanol–water partition coefficient (Wildman–Crippen LogP) is 4.86. The number of allylic oxidation sites excluding steroid dienone is 2. The topological polar surface area (TPSA) is 75.6 Å². The fourth-order valence-corrected chi connectivity index (χ4v) is 3.80. The van der Waals surface area contributed by atoms with Gasteiger partial charge in [0.25, 0.3) is 0 Å². The predicted molar refractivity (Wildman–Crippen MR) is 127 cm³/mol. The number of aliphatic imine (C=N–C) groups is 1. The van der Waals surface area contributed by atoms with Crippen molar-refractivity contribution >= 4 is 23.2 Å². The third kappa shape index (κ3) is 3.77. The Morgan fingerprint density at radius 2 is 1.50 bits per heavy atom. The van der Waals surface area contributed by atoms with E-state index in [0.717, 1.165) is 11.1 Å². The maximum Gasteiger partial charge on any atom is 0.364 e. The van der Waals surface area contributed by atoms with E-state index in [2.05, 4.69) is 4.99 Å². The minimum atomic E-state index is -0.527. The lowest BCUT2D eigenvalue weighted by Gasteiger charge is -2.21. The molecule has 5 rings (SSSR count). The highest BCUT2D eigenvalue weighted by Gasteiger charge is 2.30. The molecule has 0 atom stereocenters. The Kier molecular flexibility index (Phi) is 5.51. The van der Waals surface area contributed by atoms with Gasteiger partial charge in [0.2, 0.25) is 5.90 Å². The van der Waals surface area contributed by atoms with Crippen LogP contribution in [0.5, 0.6) is 23.0 Å².